The SMILES string of the molecule is Cc1ccc(S(=O)(=O)NCCOC(=O)c2ccc(-n3cnnn3)cc2)cc1. The van der Waals surface area contributed by atoms with Crippen LogP contribution < -0.4 is 4.72 Å². The van der Waals surface area contributed by atoms with Crippen LogP contribution in [0.5, 0.6) is 0 Å². The molecule has 3 aromatic rings. The predicted molar refractivity (Wildman–Crippen MR) is 95.8 cm³/mol. The number of carbonyl (C=O) groups excluding carboxylic acids is 1. The molecule has 0 amide bonds. The fourth-order valence-corrected chi connectivity index (χ4v) is 3.25. The van der Waals surface area contributed by atoms with Crippen LogP contribution in [0.4, 0.5) is 0 Å². The molecule has 0 fully saturated rings. The van der Waals surface area contributed by atoms with Gasteiger partial charge in [-0.05, 0) is 53.7 Å². The van der Waals surface area contributed by atoms with Crippen LogP contribution >= 0.6 is 0 Å². The third-order valence-corrected chi connectivity index (χ3v) is 5.15. The van der Waals surface area contributed by atoms with Gasteiger partial charge < -0.3 is 4.74 Å². The molecule has 0 saturated carbocycles. The second-order valence-electron chi connectivity index (χ2n) is 5.65. The highest BCUT2D eigenvalue weighted by Gasteiger charge is 2.14. The molecule has 2 aromatic carbocycles. The van der Waals surface area contributed by atoms with Crippen LogP contribution in [-0.2, 0) is 14.8 Å². The number of hydrogen-bond acceptors (Lipinski definition) is 7. The minimum atomic E-state index is -3.63. The normalized spacial score (nSPS) is 11.3. The molecule has 0 aliphatic carbocycles. The molecule has 1 N–H and O–H groups in total. The van der Waals surface area contributed by atoms with Crippen LogP contribution in [-0.4, -0.2) is 47.7 Å². The second kappa shape index (κ2) is 8.06. The molecule has 9 nitrogen and oxygen atoms in total. The lowest BCUT2D eigenvalue weighted by atomic mass is 10.2. The number of tetrazole rings is 1. The minimum Gasteiger partial charge on any atom is -0.461 e. The van der Waals surface area contributed by atoms with Crippen molar-refractivity contribution in [2.24, 2.45) is 0 Å². The number of sulfonamides is 1. The second-order valence-corrected chi connectivity index (χ2v) is 7.41. The number of carbonyl (C=O) groups is 1. The van der Waals surface area contributed by atoms with E-state index in [1.165, 1.54) is 23.1 Å². The predicted octanol–water partition coefficient (Wildman–Crippen LogP) is 1.11. The Morgan fingerprint density at radius 3 is 2.44 bits per heavy atom. The first kappa shape index (κ1) is 18.7. The minimum absolute atomic E-state index is 0.0232. The van der Waals surface area contributed by atoms with Gasteiger partial charge in [-0.2, -0.15) is 0 Å². The van der Waals surface area contributed by atoms with Gasteiger partial charge in [-0.25, -0.2) is 22.6 Å². The molecular weight excluding hydrogens is 370 g/mol. The summed E-state index contributed by atoms with van der Waals surface area (Å²) in [6, 6.07) is 13.0. The van der Waals surface area contributed by atoms with E-state index in [1.807, 2.05) is 6.92 Å². The lowest BCUT2D eigenvalue weighted by Gasteiger charge is -2.08. The summed E-state index contributed by atoms with van der Waals surface area (Å²) in [6.45, 7) is 1.77. The van der Waals surface area contributed by atoms with E-state index in [-0.39, 0.29) is 18.0 Å². The fourth-order valence-electron chi connectivity index (χ4n) is 2.23. The maximum absolute atomic E-state index is 12.1. The molecule has 27 heavy (non-hydrogen) atoms. The van der Waals surface area contributed by atoms with Gasteiger partial charge in [-0.3, -0.25) is 0 Å². The van der Waals surface area contributed by atoms with Gasteiger partial charge in [0.2, 0.25) is 10.0 Å². The average Bonchev–Trinajstić information content (AvgIpc) is 3.20. The summed E-state index contributed by atoms with van der Waals surface area (Å²) in [5, 5.41) is 10.8. The van der Waals surface area contributed by atoms with Gasteiger partial charge in [0, 0.05) is 6.54 Å². The van der Waals surface area contributed by atoms with Gasteiger partial charge in [-0.15, -0.1) is 5.10 Å². The lowest BCUT2D eigenvalue weighted by molar-refractivity contribution is 0.0513. The van der Waals surface area contributed by atoms with E-state index >= 15 is 0 Å². The molecule has 0 atom stereocenters. The molecule has 140 valence electrons. The molecule has 0 spiro atoms. The summed E-state index contributed by atoms with van der Waals surface area (Å²) in [6.07, 6.45) is 1.44. The van der Waals surface area contributed by atoms with Gasteiger partial charge in [0.15, 0.2) is 0 Å². The first-order chi connectivity index (χ1) is 13.0. The number of rotatable bonds is 7. The van der Waals surface area contributed by atoms with Crippen molar-refractivity contribution in [2.45, 2.75) is 11.8 Å². The highest BCUT2D eigenvalue weighted by molar-refractivity contribution is 7.89. The molecular formula is C17H17N5O4S. The summed E-state index contributed by atoms with van der Waals surface area (Å²) in [5.41, 5.74) is 2.00. The summed E-state index contributed by atoms with van der Waals surface area (Å²) in [4.78, 5) is 12.2. The lowest BCUT2D eigenvalue weighted by Crippen LogP contribution is -2.28. The van der Waals surface area contributed by atoms with Crippen molar-refractivity contribution in [1.29, 1.82) is 0 Å². The Morgan fingerprint density at radius 2 is 1.81 bits per heavy atom. The Hall–Kier alpha value is -3.11. The smallest absolute Gasteiger partial charge is 0.338 e. The van der Waals surface area contributed by atoms with E-state index in [2.05, 4.69) is 20.2 Å². The number of aryl methyl sites for hydroxylation is 1. The molecule has 0 saturated heterocycles. The highest BCUT2D eigenvalue weighted by Crippen LogP contribution is 2.10. The van der Waals surface area contributed by atoms with E-state index < -0.39 is 16.0 Å². The Bertz CT molecular complexity index is 1000. The molecule has 0 radical (unpaired) electrons. The van der Waals surface area contributed by atoms with Crippen molar-refractivity contribution in [1.82, 2.24) is 24.9 Å². The summed E-state index contributed by atoms with van der Waals surface area (Å²) < 4.78 is 33.2. The Balaban J connectivity index is 1.50. The van der Waals surface area contributed by atoms with Crippen LogP contribution in [0.25, 0.3) is 5.69 Å². The Labute approximate surface area is 156 Å². The number of nitrogens with zero attached hydrogens (tertiary/aromatic N) is 4. The Morgan fingerprint density at radius 1 is 1.11 bits per heavy atom. The molecule has 1 heterocycles. The maximum Gasteiger partial charge on any atom is 0.338 e. The van der Waals surface area contributed by atoms with Gasteiger partial charge >= 0.3 is 5.97 Å². The monoisotopic (exact) mass is 387 g/mol. The number of ether oxygens (including phenoxy) is 1. The standard InChI is InChI=1S/C17H17N5O4S/c1-13-2-8-16(9-3-13)27(24,25)19-10-11-26-17(23)14-4-6-15(7-5-14)22-12-18-20-21-22/h2-9,12,19H,10-11H2,1H3. The maximum atomic E-state index is 12.1. The average molecular weight is 387 g/mol. The number of aromatic nitrogens is 4. The summed E-state index contributed by atoms with van der Waals surface area (Å²) in [5.74, 6) is -0.548. The van der Waals surface area contributed by atoms with Crippen LogP contribution in [0.3, 0.4) is 0 Å². The Kier molecular flexibility index (Phi) is 5.57. The van der Waals surface area contributed by atoms with Crippen molar-refractivity contribution in [3.05, 3.63) is 66.0 Å². The number of hydrogen-bond donors (Lipinski definition) is 1. The van der Waals surface area contributed by atoms with Crippen molar-refractivity contribution < 1.29 is 17.9 Å². The zero-order valence-corrected chi connectivity index (χ0v) is 15.3. The largest absolute Gasteiger partial charge is 0.461 e. The molecule has 10 heteroatoms. The van der Waals surface area contributed by atoms with Crippen LogP contribution in [0.2, 0.25) is 0 Å². The van der Waals surface area contributed by atoms with Gasteiger partial charge in [-0.1, -0.05) is 17.7 Å². The molecule has 0 bridgehead atoms. The van der Waals surface area contributed by atoms with Crippen molar-refractivity contribution >= 4 is 16.0 Å². The zero-order valence-electron chi connectivity index (χ0n) is 14.4. The third-order valence-electron chi connectivity index (χ3n) is 3.68. The van der Waals surface area contributed by atoms with Gasteiger partial charge in [0.1, 0.15) is 12.9 Å². The van der Waals surface area contributed by atoms with E-state index in [4.69, 9.17) is 4.74 Å². The van der Waals surface area contributed by atoms with Crippen LogP contribution in [0, 0.1) is 6.92 Å². The van der Waals surface area contributed by atoms with Crippen LogP contribution in [0.15, 0.2) is 59.8 Å². The number of benzene rings is 2. The first-order valence-electron chi connectivity index (χ1n) is 8.02. The topological polar surface area (TPSA) is 116 Å². The molecule has 1 aromatic heterocycles. The first-order valence-corrected chi connectivity index (χ1v) is 9.51. The van der Waals surface area contributed by atoms with Crippen molar-refractivity contribution in [3.8, 4) is 5.69 Å². The molecule has 0 aliphatic rings. The number of esters is 1. The number of nitrogens with one attached hydrogen (secondary N) is 1. The highest BCUT2D eigenvalue weighted by atomic mass is 32.2. The molecule has 3 rings (SSSR count). The van der Waals surface area contributed by atoms with Crippen molar-refractivity contribution in [2.75, 3.05) is 13.2 Å². The van der Waals surface area contributed by atoms with Crippen LogP contribution in [0.1, 0.15) is 15.9 Å². The summed E-state index contributed by atoms with van der Waals surface area (Å²) >= 11 is 0. The van der Waals surface area contributed by atoms with E-state index in [0.29, 0.717) is 11.3 Å². The summed E-state index contributed by atoms with van der Waals surface area (Å²) in [7, 11) is -3.63. The fraction of sp³-hybridized carbons (Fsp3) is 0.176. The van der Waals surface area contributed by atoms with E-state index in [0.717, 1.165) is 5.56 Å². The van der Waals surface area contributed by atoms with Gasteiger partial charge in [0.05, 0.1) is 16.1 Å². The third kappa shape index (κ3) is 4.74. The molecule has 0 aliphatic heterocycles. The quantitative estimate of drug-likeness (QED) is 0.477. The van der Waals surface area contributed by atoms with E-state index in [9.17, 15) is 13.2 Å². The van der Waals surface area contributed by atoms with Crippen molar-refractivity contribution in [3.63, 3.8) is 0 Å². The van der Waals surface area contributed by atoms with Gasteiger partial charge in [0.25, 0.3) is 0 Å². The zero-order chi connectivity index (χ0) is 19.3. The molecule has 0 unspecified atom stereocenters. The van der Waals surface area contributed by atoms with E-state index in [1.54, 1.807) is 36.4 Å².